The molecule has 0 unspecified atom stereocenters. The van der Waals surface area contributed by atoms with Crippen molar-refractivity contribution in [1.29, 1.82) is 0 Å². The number of hydrogen-bond acceptors (Lipinski definition) is 9. The molecule has 2 saturated heterocycles. The molecule has 0 bridgehead atoms. The maximum absolute atomic E-state index is 10.4. The van der Waals surface area contributed by atoms with Gasteiger partial charge in [-0.3, -0.25) is 4.98 Å². The lowest BCUT2D eigenvalue weighted by Gasteiger charge is -2.25. The monoisotopic (exact) mass is 463 g/mol. The van der Waals surface area contributed by atoms with Crippen LogP contribution in [-0.4, -0.2) is 77.1 Å². The van der Waals surface area contributed by atoms with Gasteiger partial charge < -0.3 is 34.2 Å². The lowest BCUT2D eigenvalue weighted by atomic mass is 10.1. The SMILES string of the molecule is C/C(CCN1CCCCc2nc(C)c(C)cc21)=N/OC[C@@H](O)[C@H]1O[C@@H]2OC(C)(C)O[C@@H]2[C@H]1O. The summed E-state index contributed by atoms with van der Waals surface area (Å²) in [5.41, 5.74) is 5.55. The molecule has 9 heteroatoms. The minimum Gasteiger partial charge on any atom is -0.393 e. The molecule has 5 atom stereocenters. The molecular weight excluding hydrogens is 426 g/mol. The minimum absolute atomic E-state index is 0.0865. The van der Waals surface area contributed by atoms with Crippen LogP contribution < -0.4 is 4.90 Å². The van der Waals surface area contributed by atoms with Crippen LogP contribution in [0.4, 0.5) is 5.69 Å². The Bertz CT molecular complexity index is 876. The molecule has 184 valence electrons. The lowest BCUT2D eigenvalue weighted by molar-refractivity contribution is -0.228. The molecule has 2 N–H and O–H groups in total. The summed E-state index contributed by atoms with van der Waals surface area (Å²) in [5, 5.41) is 25.0. The molecule has 33 heavy (non-hydrogen) atoms. The van der Waals surface area contributed by atoms with E-state index in [9.17, 15) is 10.2 Å². The fourth-order valence-corrected chi connectivity index (χ4v) is 4.64. The molecule has 9 nitrogen and oxygen atoms in total. The number of oxime groups is 1. The van der Waals surface area contributed by atoms with Gasteiger partial charge in [-0.05, 0) is 65.5 Å². The van der Waals surface area contributed by atoms with E-state index in [2.05, 4.69) is 30.0 Å². The van der Waals surface area contributed by atoms with Crippen LogP contribution in [0.1, 0.15) is 57.0 Å². The molecule has 0 saturated carbocycles. The van der Waals surface area contributed by atoms with Crippen molar-refractivity contribution in [3.05, 3.63) is 23.0 Å². The Kier molecular flexibility index (Phi) is 7.26. The van der Waals surface area contributed by atoms with E-state index in [-0.39, 0.29) is 6.61 Å². The molecule has 2 fully saturated rings. The molecule has 0 aromatic carbocycles. The molecule has 1 aromatic heterocycles. The Morgan fingerprint density at radius 2 is 2.12 bits per heavy atom. The number of aryl methyl sites for hydroxylation is 3. The summed E-state index contributed by atoms with van der Waals surface area (Å²) in [7, 11) is 0. The van der Waals surface area contributed by atoms with E-state index in [1.54, 1.807) is 13.8 Å². The predicted octanol–water partition coefficient (Wildman–Crippen LogP) is 2.22. The number of aliphatic hydroxyl groups is 2. The quantitative estimate of drug-likeness (QED) is 0.468. The van der Waals surface area contributed by atoms with Gasteiger partial charge in [0, 0.05) is 25.2 Å². The summed E-state index contributed by atoms with van der Waals surface area (Å²) in [6.07, 6.45) is -0.157. The molecule has 0 aliphatic carbocycles. The summed E-state index contributed by atoms with van der Waals surface area (Å²) in [6, 6.07) is 2.25. The van der Waals surface area contributed by atoms with Gasteiger partial charge in [0.1, 0.15) is 31.0 Å². The third-order valence-electron chi connectivity index (χ3n) is 6.60. The molecule has 0 spiro atoms. The molecule has 0 amide bonds. The van der Waals surface area contributed by atoms with E-state index < -0.39 is 36.5 Å². The van der Waals surface area contributed by atoms with Crippen molar-refractivity contribution in [2.75, 3.05) is 24.6 Å². The Hall–Kier alpha value is -1.78. The van der Waals surface area contributed by atoms with E-state index >= 15 is 0 Å². The number of hydrogen-bond donors (Lipinski definition) is 2. The van der Waals surface area contributed by atoms with Gasteiger partial charge in [0.25, 0.3) is 0 Å². The second-order valence-corrected chi connectivity index (χ2v) is 9.80. The van der Waals surface area contributed by atoms with Crippen molar-refractivity contribution in [3.63, 3.8) is 0 Å². The average Bonchev–Trinajstić information content (AvgIpc) is 3.12. The second kappa shape index (κ2) is 9.84. The first-order valence-electron chi connectivity index (χ1n) is 11.9. The van der Waals surface area contributed by atoms with Gasteiger partial charge in [-0.1, -0.05) is 5.16 Å². The van der Waals surface area contributed by atoms with Gasteiger partial charge >= 0.3 is 0 Å². The van der Waals surface area contributed by atoms with Crippen LogP contribution in [0.2, 0.25) is 0 Å². The Labute approximate surface area is 195 Å². The van der Waals surface area contributed by atoms with E-state index in [0.29, 0.717) is 0 Å². The zero-order valence-corrected chi connectivity index (χ0v) is 20.3. The van der Waals surface area contributed by atoms with E-state index in [1.165, 1.54) is 16.9 Å². The summed E-state index contributed by atoms with van der Waals surface area (Å²) in [6.45, 7) is 11.4. The maximum Gasteiger partial charge on any atom is 0.190 e. The number of aliphatic hydroxyl groups excluding tert-OH is 2. The summed E-state index contributed by atoms with van der Waals surface area (Å²) < 4.78 is 16.9. The van der Waals surface area contributed by atoms with E-state index in [0.717, 1.165) is 50.2 Å². The van der Waals surface area contributed by atoms with Crippen LogP contribution in [0.5, 0.6) is 0 Å². The number of aromatic nitrogens is 1. The Morgan fingerprint density at radius 1 is 1.33 bits per heavy atom. The lowest BCUT2D eigenvalue weighted by Crippen LogP contribution is -2.42. The van der Waals surface area contributed by atoms with E-state index in [4.69, 9.17) is 24.0 Å². The molecule has 0 radical (unpaired) electrons. The zero-order chi connectivity index (χ0) is 23.8. The van der Waals surface area contributed by atoms with Crippen molar-refractivity contribution in [3.8, 4) is 0 Å². The van der Waals surface area contributed by atoms with Crippen LogP contribution in [0.25, 0.3) is 0 Å². The average molecular weight is 464 g/mol. The molecule has 4 rings (SSSR count). The van der Waals surface area contributed by atoms with Crippen molar-refractivity contribution < 1.29 is 29.3 Å². The van der Waals surface area contributed by atoms with Gasteiger partial charge in [-0.2, -0.15) is 0 Å². The molecule has 4 heterocycles. The van der Waals surface area contributed by atoms with Crippen molar-refractivity contribution in [2.45, 2.75) is 96.8 Å². The van der Waals surface area contributed by atoms with Crippen LogP contribution in [0.3, 0.4) is 0 Å². The standard InChI is InChI=1S/C24H37N3O6/c1-14-12-18-17(25-16(14)3)8-6-7-10-27(18)11-9-15(2)26-30-13-19(28)21-20(29)22-23(31-21)33-24(4,5)32-22/h12,19-23,28-29H,6-11,13H2,1-5H3/b26-15-/t19-,20+,21-,22-,23-/m1/s1. The third kappa shape index (κ3) is 5.49. The molecule has 3 aliphatic rings. The van der Waals surface area contributed by atoms with Gasteiger partial charge in [0.2, 0.25) is 0 Å². The fraction of sp³-hybridized carbons (Fsp3) is 0.750. The smallest absolute Gasteiger partial charge is 0.190 e. The summed E-state index contributed by atoms with van der Waals surface area (Å²) in [4.78, 5) is 12.6. The maximum atomic E-state index is 10.4. The normalized spacial score (nSPS) is 30.0. The first kappa shape index (κ1) is 24.3. The number of fused-ring (bicyclic) bond motifs is 2. The number of pyridine rings is 1. The van der Waals surface area contributed by atoms with Crippen molar-refractivity contribution in [1.82, 2.24) is 4.98 Å². The van der Waals surface area contributed by atoms with Crippen molar-refractivity contribution in [2.24, 2.45) is 5.16 Å². The Balaban J connectivity index is 1.26. The number of nitrogens with zero attached hydrogens (tertiary/aromatic N) is 3. The Morgan fingerprint density at radius 3 is 2.88 bits per heavy atom. The van der Waals surface area contributed by atoms with Crippen LogP contribution in [0.15, 0.2) is 11.2 Å². The number of rotatable bonds is 7. The first-order chi connectivity index (χ1) is 15.6. The van der Waals surface area contributed by atoms with Gasteiger partial charge in [0.05, 0.1) is 17.1 Å². The predicted molar refractivity (Wildman–Crippen MR) is 123 cm³/mol. The van der Waals surface area contributed by atoms with E-state index in [1.807, 2.05) is 6.92 Å². The summed E-state index contributed by atoms with van der Waals surface area (Å²) in [5.74, 6) is -0.814. The van der Waals surface area contributed by atoms with Crippen molar-refractivity contribution >= 4 is 11.4 Å². The van der Waals surface area contributed by atoms with Crippen LogP contribution in [-0.2, 0) is 25.5 Å². The highest BCUT2D eigenvalue weighted by molar-refractivity contribution is 5.81. The fourth-order valence-electron chi connectivity index (χ4n) is 4.64. The largest absolute Gasteiger partial charge is 0.393 e. The summed E-state index contributed by atoms with van der Waals surface area (Å²) >= 11 is 0. The highest BCUT2D eigenvalue weighted by atomic mass is 16.8. The van der Waals surface area contributed by atoms with Crippen LogP contribution in [0, 0.1) is 13.8 Å². The topological polar surface area (TPSA) is 106 Å². The molecular formula is C24H37N3O6. The highest BCUT2D eigenvalue weighted by Gasteiger charge is 2.56. The van der Waals surface area contributed by atoms with Gasteiger partial charge in [-0.15, -0.1) is 0 Å². The first-order valence-corrected chi connectivity index (χ1v) is 11.9. The second-order valence-electron chi connectivity index (χ2n) is 9.80. The number of ether oxygens (including phenoxy) is 3. The van der Waals surface area contributed by atoms with Gasteiger partial charge in [0.15, 0.2) is 12.1 Å². The van der Waals surface area contributed by atoms with Gasteiger partial charge in [-0.25, -0.2) is 0 Å². The minimum atomic E-state index is -1.05. The zero-order valence-electron chi connectivity index (χ0n) is 20.3. The third-order valence-corrected chi connectivity index (χ3v) is 6.60. The highest BCUT2D eigenvalue weighted by Crippen LogP contribution is 2.38. The number of anilines is 1. The molecule has 3 aliphatic heterocycles. The molecule has 1 aromatic rings. The van der Waals surface area contributed by atoms with Crippen LogP contribution >= 0.6 is 0 Å².